The summed E-state index contributed by atoms with van der Waals surface area (Å²) in [7, 11) is 1.49. The summed E-state index contributed by atoms with van der Waals surface area (Å²) in [5, 5.41) is 23.1. The number of methoxy groups -OCH3 is 1. The maximum Gasteiger partial charge on any atom is 0.327 e. The van der Waals surface area contributed by atoms with Crippen LogP contribution in [0.1, 0.15) is 43.7 Å². The van der Waals surface area contributed by atoms with Crippen LogP contribution in [-0.4, -0.2) is 58.2 Å². The summed E-state index contributed by atoms with van der Waals surface area (Å²) in [6, 6.07) is 4.26. The van der Waals surface area contributed by atoms with Crippen molar-refractivity contribution in [3.63, 3.8) is 0 Å². The van der Waals surface area contributed by atoms with E-state index in [-0.39, 0.29) is 11.9 Å². The van der Waals surface area contributed by atoms with E-state index in [1.54, 1.807) is 18.2 Å². The topological polar surface area (TPSA) is 116 Å². The fraction of sp³-hybridized carbons (Fsp3) is 0.571. The predicted molar refractivity (Wildman–Crippen MR) is 110 cm³/mol. The first-order chi connectivity index (χ1) is 14.4. The van der Waals surface area contributed by atoms with Crippen molar-refractivity contribution < 1.29 is 29.3 Å². The number of carboxylic acid groups (broad SMARTS) is 1. The normalized spacial score (nSPS) is 31.8. The van der Waals surface area contributed by atoms with Gasteiger partial charge < -0.3 is 14.9 Å². The van der Waals surface area contributed by atoms with Gasteiger partial charge in [-0.2, -0.15) is 0 Å². The van der Waals surface area contributed by atoms with Crippen LogP contribution in [0.3, 0.4) is 0 Å². The minimum Gasteiger partial charge on any atom is -0.496 e. The molecule has 2 saturated heterocycles. The second-order valence-corrected chi connectivity index (χ2v) is 9.20. The van der Waals surface area contributed by atoms with Crippen molar-refractivity contribution >= 4 is 33.7 Å². The number of amides is 2. The number of imide groups is 1. The minimum absolute atomic E-state index is 0.209. The van der Waals surface area contributed by atoms with Crippen LogP contribution in [0, 0.1) is 11.8 Å². The molecular weight excluding hydrogens is 456 g/mol. The van der Waals surface area contributed by atoms with Crippen LogP contribution in [0.4, 0.5) is 0 Å². The molecule has 0 spiro atoms. The summed E-state index contributed by atoms with van der Waals surface area (Å²) in [6.07, 6.45) is 4.39. The van der Waals surface area contributed by atoms with E-state index in [9.17, 15) is 24.6 Å². The predicted octanol–water partition coefficient (Wildman–Crippen LogP) is 1.85. The number of benzene rings is 1. The van der Waals surface area contributed by atoms with E-state index in [1.165, 1.54) is 12.0 Å². The third-order valence-electron chi connectivity index (χ3n) is 6.79. The summed E-state index contributed by atoms with van der Waals surface area (Å²) in [4.78, 5) is 40.5. The van der Waals surface area contributed by atoms with Gasteiger partial charge in [-0.25, -0.2) is 0 Å². The molecule has 3 aliphatic rings. The number of aliphatic carboxylic acids is 1. The monoisotopic (exact) mass is 480 g/mol. The first-order valence-corrected chi connectivity index (χ1v) is 11.0. The van der Waals surface area contributed by atoms with Gasteiger partial charge in [0.1, 0.15) is 5.75 Å². The van der Waals surface area contributed by atoms with E-state index in [4.69, 9.17) is 4.74 Å². The second-order valence-electron chi connectivity index (χ2n) is 8.28. The number of aliphatic hydroxyl groups excluding tert-OH is 1. The fourth-order valence-corrected chi connectivity index (χ4v) is 5.73. The fourth-order valence-electron chi connectivity index (χ4n) is 5.35. The molecule has 162 valence electrons. The van der Waals surface area contributed by atoms with E-state index >= 15 is 0 Å². The highest BCUT2D eigenvalue weighted by molar-refractivity contribution is 9.10. The van der Waals surface area contributed by atoms with Crippen molar-refractivity contribution in [2.45, 2.75) is 49.7 Å². The highest BCUT2D eigenvalue weighted by Crippen LogP contribution is 2.51. The van der Waals surface area contributed by atoms with Gasteiger partial charge in [0.25, 0.3) is 0 Å². The maximum absolute atomic E-state index is 13.5. The number of carbonyl (C=O) groups excluding carboxylic acids is 2. The highest BCUT2D eigenvalue weighted by Gasteiger charge is 2.69. The molecule has 0 bridgehead atoms. The SMILES string of the molecule is COc1ccc(Br)cc1C1NC(CO)(C(=O)O)C2C(=O)N(C3CCCCC3)C(=O)C12. The molecule has 4 unspecified atom stereocenters. The summed E-state index contributed by atoms with van der Waals surface area (Å²) >= 11 is 3.41. The van der Waals surface area contributed by atoms with Crippen molar-refractivity contribution in [3.05, 3.63) is 28.2 Å². The number of carbonyl (C=O) groups is 3. The van der Waals surface area contributed by atoms with Gasteiger partial charge in [0.15, 0.2) is 5.54 Å². The lowest BCUT2D eigenvalue weighted by molar-refractivity contribution is -0.154. The zero-order valence-electron chi connectivity index (χ0n) is 16.6. The highest BCUT2D eigenvalue weighted by atomic mass is 79.9. The average molecular weight is 481 g/mol. The van der Waals surface area contributed by atoms with Gasteiger partial charge in [-0.15, -0.1) is 0 Å². The summed E-state index contributed by atoms with van der Waals surface area (Å²) in [5.41, 5.74) is -1.36. The van der Waals surface area contributed by atoms with Crippen molar-refractivity contribution in [2.75, 3.05) is 13.7 Å². The molecule has 8 nitrogen and oxygen atoms in total. The Balaban J connectivity index is 1.83. The first kappa shape index (κ1) is 21.3. The Labute approximate surface area is 182 Å². The lowest BCUT2D eigenvalue weighted by Crippen LogP contribution is -2.59. The lowest BCUT2D eigenvalue weighted by atomic mass is 9.79. The van der Waals surface area contributed by atoms with Crippen LogP contribution < -0.4 is 10.1 Å². The summed E-state index contributed by atoms with van der Waals surface area (Å²) < 4.78 is 6.18. The molecule has 0 aromatic heterocycles. The van der Waals surface area contributed by atoms with Gasteiger partial charge >= 0.3 is 5.97 Å². The number of rotatable bonds is 5. The molecule has 4 rings (SSSR count). The van der Waals surface area contributed by atoms with Crippen LogP contribution in [0.15, 0.2) is 22.7 Å². The minimum atomic E-state index is -1.93. The number of aliphatic hydroxyl groups is 1. The summed E-state index contributed by atoms with van der Waals surface area (Å²) in [6.45, 7) is -0.798. The molecule has 30 heavy (non-hydrogen) atoms. The van der Waals surface area contributed by atoms with Gasteiger partial charge in [-0.05, 0) is 31.0 Å². The smallest absolute Gasteiger partial charge is 0.327 e. The molecule has 1 saturated carbocycles. The number of nitrogens with zero attached hydrogens (tertiary/aromatic N) is 1. The number of carboxylic acids is 1. The third kappa shape index (κ3) is 3.06. The molecule has 3 N–H and O–H groups in total. The molecule has 2 amide bonds. The molecule has 2 heterocycles. The van der Waals surface area contributed by atoms with Crippen LogP contribution in [0.2, 0.25) is 0 Å². The lowest BCUT2D eigenvalue weighted by Gasteiger charge is -2.33. The van der Waals surface area contributed by atoms with Crippen LogP contribution in [-0.2, 0) is 14.4 Å². The molecule has 3 fully saturated rings. The second kappa shape index (κ2) is 7.94. The van der Waals surface area contributed by atoms with Crippen LogP contribution in [0.5, 0.6) is 5.75 Å². The van der Waals surface area contributed by atoms with E-state index in [0.29, 0.717) is 11.3 Å². The maximum atomic E-state index is 13.5. The van der Waals surface area contributed by atoms with Gasteiger partial charge in [-0.3, -0.25) is 24.6 Å². The van der Waals surface area contributed by atoms with Gasteiger partial charge in [0.05, 0.1) is 25.6 Å². The number of likely N-dealkylation sites (tertiary alicyclic amines) is 1. The number of halogens is 1. The Morgan fingerprint density at radius 1 is 1.27 bits per heavy atom. The standard InChI is InChI=1S/C21H25BrN2O6/c1-30-14-8-7-11(22)9-13(14)17-15-16(21(10-25,23-17)20(28)29)19(27)24(18(15)26)12-5-3-2-4-6-12/h7-9,12,15-17,23,25H,2-6,10H2,1H3,(H,28,29). The Morgan fingerprint density at radius 3 is 2.57 bits per heavy atom. The Kier molecular flexibility index (Phi) is 5.63. The Bertz CT molecular complexity index is 886. The Hall–Kier alpha value is -1.97. The largest absolute Gasteiger partial charge is 0.496 e. The quantitative estimate of drug-likeness (QED) is 0.550. The van der Waals surface area contributed by atoms with Crippen molar-refractivity contribution in [2.24, 2.45) is 11.8 Å². The van der Waals surface area contributed by atoms with Crippen LogP contribution >= 0.6 is 15.9 Å². The van der Waals surface area contributed by atoms with Crippen molar-refractivity contribution in [1.29, 1.82) is 0 Å². The van der Waals surface area contributed by atoms with E-state index in [1.807, 2.05) is 0 Å². The van der Waals surface area contributed by atoms with Crippen molar-refractivity contribution in [3.8, 4) is 5.75 Å². The molecular formula is C21H25BrN2O6. The molecule has 1 aromatic rings. The number of ether oxygens (including phenoxy) is 1. The molecule has 4 atom stereocenters. The van der Waals surface area contributed by atoms with Gasteiger partial charge in [0, 0.05) is 22.1 Å². The Morgan fingerprint density at radius 2 is 1.97 bits per heavy atom. The molecule has 9 heteroatoms. The zero-order chi connectivity index (χ0) is 21.6. The van der Waals surface area contributed by atoms with Gasteiger partial charge in [0.2, 0.25) is 11.8 Å². The molecule has 0 radical (unpaired) electrons. The van der Waals surface area contributed by atoms with E-state index in [0.717, 1.165) is 36.6 Å². The number of hydrogen-bond acceptors (Lipinski definition) is 6. The van der Waals surface area contributed by atoms with Gasteiger partial charge in [-0.1, -0.05) is 35.2 Å². The zero-order valence-corrected chi connectivity index (χ0v) is 18.2. The van der Waals surface area contributed by atoms with E-state index in [2.05, 4.69) is 21.2 Å². The number of nitrogens with one attached hydrogen (secondary N) is 1. The summed E-state index contributed by atoms with van der Waals surface area (Å²) in [5.74, 6) is -3.84. The van der Waals surface area contributed by atoms with Crippen molar-refractivity contribution in [1.82, 2.24) is 10.2 Å². The third-order valence-corrected chi connectivity index (χ3v) is 7.28. The number of hydrogen-bond donors (Lipinski definition) is 3. The molecule has 2 aliphatic heterocycles. The molecule has 1 aromatic carbocycles. The average Bonchev–Trinajstić information content (AvgIpc) is 3.23. The molecule has 1 aliphatic carbocycles. The van der Waals surface area contributed by atoms with E-state index < -0.39 is 41.9 Å². The van der Waals surface area contributed by atoms with Crippen LogP contribution in [0.25, 0.3) is 0 Å². The first-order valence-electron chi connectivity index (χ1n) is 10.2. The number of fused-ring (bicyclic) bond motifs is 1.